The highest BCUT2D eigenvalue weighted by molar-refractivity contribution is 7.46. The second-order valence-electron chi connectivity index (χ2n) is 2.53. The van der Waals surface area contributed by atoms with Crippen LogP contribution in [0.15, 0.2) is 0 Å². The average molecular weight is 240 g/mol. The Balaban J connectivity index is 4.43. The van der Waals surface area contributed by atoms with Crippen molar-refractivity contribution in [2.45, 2.75) is 25.2 Å². The minimum Gasteiger partial charge on any atom is -0.303 e. The molecule has 0 saturated carbocycles. The summed E-state index contributed by atoms with van der Waals surface area (Å²) >= 11 is 0. The Labute approximate surface area is 77.1 Å². The fraction of sp³-hybridized carbons (Fsp3) is 1.00. The summed E-state index contributed by atoms with van der Waals surface area (Å²) in [5.74, 6) is -8.94. The number of alkyl halides is 4. The summed E-state index contributed by atoms with van der Waals surface area (Å²) in [6.45, 7) is -1.19. The van der Waals surface area contributed by atoms with E-state index in [0.29, 0.717) is 0 Å². The van der Waals surface area contributed by atoms with E-state index in [2.05, 4.69) is 4.52 Å². The van der Waals surface area contributed by atoms with Crippen molar-refractivity contribution in [2.24, 2.45) is 0 Å². The Kier molecular flexibility index (Phi) is 4.09. The first-order valence-electron chi connectivity index (χ1n) is 3.47. The van der Waals surface area contributed by atoms with Gasteiger partial charge in [0.2, 0.25) is 0 Å². The van der Waals surface area contributed by atoms with Gasteiger partial charge in [-0.25, -0.2) is 4.57 Å². The second-order valence-corrected chi connectivity index (χ2v) is 3.77. The zero-order valence-corrected chi connectivity index (χ0v) is 7.98. The van der Waals surface area contributed by atoms with Gasteiger partial charge in [0.15, 0.2) is 0 Å². The SMILES string of the molecule is CCC(F)(F)C(F)(F)COP(=O)(O)O. The minimum atomic E-state index is -5.16. The first-order valence-corrected chi connectivity index (χ1v) is 5.00. The third kappa shape index (κ3) is 3.91. The maximum atomic E-state index is 12.5. The third-order valence-electron chi connectivity index (χ3n) is 1.39. The van der Waals surface area contributed by atoms with Crippen LogP contribution in [-0.2, 0) is 9.09 Å². The van der Waals surface area contributed by atoms with Crippen molar-refractivity contribution in [1.29, 1.82) is 0 Å². The average Bonchev–Trinajstić information content (AvgIpc) is 1.99. The molecule has 86 valence electrons. The highest BCUT2D eigenvalue weighted by Gasteiger charge is 2.55. The van der Waals surface area contributed by atoms with Crippen molar-refractivity contribution >= 4 is 7.82 Å². The quantitative estimate of drug-likeness (QED) is 0.567. The molecule has 2 N–H and O–H groups in total. The van der Waals surface area contributed by atoms with Crippen LogP contribution in [0.25, 0.3) is 0 Å². The molecule has 14 heavy (non-hydrogen) atoms. The highest BCUT2D eigenvalue weighted by atomic mass is 31.2. The topological polar surface area (TPSA) is 66.8 Å². The van der Waals surface area contributed by atoms with Crippen LogP contribution in [0.3, 0.4) is 0 Å². The smallest absolute Gasteiger partial charge is 0.303 e. The largest absolute Gasteiger partial charge is 0.469 e. The Morgan fingerprint density at radius 3 is 1.93 bits per heavy atom. The Morgan fingerprint density at radius 2 is 1.64 bits per heavy atom. The normalized spacial score (nSPS) is 14.5. The van der Waals surface area contributed by atoms with Crippen LogP contribution in [0, 0.1) is 0 Å². The van der Waals surface area contributed by atoms with E-state index in [-0.39, 0.29) is 0 Å². The van der Waals surface area contributed by atoms with Crippen molar-refractivity contribution < 1.29 is 36.4 Å². The second kappa shape index (κ2) is 4.14. The third-order valence-corrected chi connectivity index (χ3v) is 1.86. The molecule has 0 spiro atoms. The number of phosphoric acid groups is 1. The molecule has 0 unspecified atom stereocenters. The van der Waals surface area contributed by atoms with Crippen molar-refractivity contribution in [1.82, 2.24) is 0 Å². The van der Waals surface area contributed by atoms with Crippen molar-refractivity contribution in [3.8, 4) is 0 Å². The molecule has 0 aromatic carbocycles. The lowest BCUT2D eigenvalue weighted by atomic mass is 10.1. The molecule has 0 fully saturated rings. The van der Waals surface area contributed by atoms with Gasteiger partial charge in [-0.05, 0) is 0 Å². The maximum Gasteiger partial charge on any atom is 0.469 e. The number of hydrogen-bond acceptors (Lipinski definition) is 2. The van der Waals surface area contributed by atoms with Crippen LogP contribution in [0.1, 0.15) is 13.3 Å². The van der Waals surface area contributed by atoms with E-state index in [1.54, 1.807) is 0 Å². The van der Waals surface area contributed by atoms with E-state index in [1.165, 1.54) is 0 Å². The van der Waals surface area contributed by atoms with E-state index < -0.39 is 32.7 Å². The molecule has 0 saturated heterocycles. The van der Waals surface area contributed by atoms with Crippen LogP contribution >= 0.6 is 7.82 Å². The lowest BCUT2D eigenvalue weighted by Crippen LogP contribution is -2.43. The first kappa shape index (κ1) is 13.8. The Morgan fingerprint density at radius 1 is 1.21 bits per heavy atom. The molecule has 9 heteroatoms. The summed E-state index contributed by atoms with van der Waals surface area (Å²) in [6, 6.07) is 0. The first-order chi connectivity index (χ1) is 6.02. The van der Waals surface area contributed by atoms with Gasteiger partial charge in [-0.2, -0.15) is 17.6 Å². The van der Waals surface area contributed by atoms with Crippen LogP contribution in [0.5, 0.6) is 0 Å². The van der Waals surface area contributed by atoms with Gasteiger partial charge >= 0.3 is 19.7 Å². The Hall–Kier alpha value is -0.170. The lowest BCUT2D eigenvalue weighted by Gasteiger charge is -2.25. The summed E-state index contributed by atoms with van der Waals surface area (Å²) in [4.78, 5) is 16.1. The number of hydrogen-bond donors (Lipinski definition) is 2. The predicted molar refractivity (Wildman–Crippen MR) is 38.2 cm³/mol. The van der Waals surface area contributed by atoms with E-state index in [1.807, 2.05) is 0 Å². The van der Waals surface area contributed by atoms with E-state index in [0.717, 1.165) is 6.92 Å². The fourth-order valence-corrected chi connectivity index (χ4v) is 0.860. The van der Waals surface area contributed by atoms with Gasteiger partial charge in [-0.1, -0.05) is 6.92 Å². The van der Waals surface area contributed by atoms with E-state index in [4.69, 9.17) is 9.79 Å². The summed E-state index contributed by atoms with van der Waals surface area (Å²) in [7, 11) is -5.16. The fourth-order valence-electron chi connectivity index (χ4n) is 0.529. The van der Waals surface area contributed by atoms with Crippen LogP contribution in [0.4, 0.5) is 17.6 Å². The monoisotopic (exact) mass is 240 g/mol. The van der Waals surface area contributed by atoms with Crippen LogP contribution in [-0.4, -0.2) is 28.2 Å². The van der Waals surface area contributed by atoms with Gasteiger partial charge in [0.05, 0.1) is 0 Å². The molecule has 0 aliphatic carbocycles. The number of rotatable bonds is 5. The molecule has 0 rings (SSSR count). The summed E-state index contributed by atoms with van der Waals surface area (Å²) < 4.78 is 63.2. The van der Waals surface area contributed by atoms with Crippen molar-refractivity contribution in [3.63, 3.8) is 0 Å². The van der Waals surface area contributed by atoms with Gasteiger partial charge in [-0.3, -0.25) is 4.52 Å². The predicted octanol–water partition coefficient (Wildman–Crippen LogP) is 1.78. The number of halogens is 4. The van der Waals surface area contributed by atoms with E-state index >= 15 is 0 Å². The molecule has 4 nitrogen and oxygen atoms in total. The zero-order chi connectivity index (χ0) is 11.6. The van der Waals surface area contributed by atoms with Gasteiger partial charge < -0.3 is 9.79 Å². The molecule has 0 bridgehead atoms. The van der Waals surface area contributed by atoms with E-state index in [9.17, 15) is 22.1 Å². The maximum absolute atomic E-state index is 12.5. The molecular weight excluding hydrogens is 231 g/mol. The molecule has 0 aromatic rings. The van der Waals surface area contributed by atoms with Gasteiger partial charge in [-0.15, -0.1) is 0 Å². The molecule has 0 amide bonds. The molecule has 0 atom stereocenters. The van der Waals surface area contributed by atoms with Gasteiger partial charge in [0, 0.05) is 6.42 Å². The molecular formula is C5H9F4O4P. The van der Waals surface area contributed by atoms with Crippen molar-refractivity contribution in [3.05, 3.63) is 0 Å². The van der Waals surface area contributed by atoms with Gasteiger partial charge in [0.1, 0.15) is 6.61 Å². The van der Waals surface area contributed by atoms with Crippen LogP contribution in [0.2, 0.25) is 0 Å². The molecule has 0 aromatic heterocycles. The summed E-state index contributed by atoms with van der Waals surface area (Å²) in [6.07, 6.45) is -1.15. The summed E-state index contributed by atoms with van der Waals surface area (Å²) in [5, 5.41) is 0. The lowest BCUT2D eigenvalue weighted by molar-refractivity contribution is -0.223. The van der Waals surface area contributed by atoms with Crippen molar-refractivity contribution in [2.75, 3.05) is 6.61 Å². The van der Waals surface area contributed by atoms with Crippen LogP contribution < -0.4 is 0 Å². The molecule has 0 radical (unpaired) electrons. The number of phosphoric ester groups is 1. The van der Waals surface area contributed by atoms with Gasteiger partial charge in [0.25, 0.3) is 0 Å². The molecule has 0 aliphatic rings. The molecule has 0 heterocycles. The minimum absolute atomic E-state index is 0.825. The highest BCUT2D eigenvalue weighted by Crippen LogP contribution is 2.42. The zero-order valence-electron chi connectivity index (χ0n) is 7.08. The molecule has 0 aliphatic heterocycles. The summed E-state index contributed by atoms with van der Waals surface area (Å²) in [5.41, 5.74) is 0. The standard InChI is InChI=1S/C5H9F4O4P/c1-2-4(6,7)5(8,9)3-13-14(10,11)12/h2-3H2,1H3,(H2,10,11,12). The Bertz CT molecular complexity index is 238.